The third kappa shape index (κ3) is 4.74. The normalized spacial score (nSPS) is 10.2. The highest BCUT2D eigenvalue weighted by Gasteiger charge is 2.11. The van der Waals surface area contributed by atoms with E-state index in [9.17, 15) is 9.59 Å². The highest BCUT2D eigenvalue weighted by atomic mass is 35.5. The lowest BCUT2D eigenvalue weighted by atomic mass is 10.2. The standard InChI is InChI=1S/C14H11Cl2NO3S/c15-10-2-1-3-11(14(10)16)17-12(18)7-20-13(19)6-9-4-5-21-8-9/h1-5,8H,6-7H2,(H,17,18). The van der Waals surface area contributed by atoms with Gasteiger partial charge in [0.2, 0.25) is 0 Å². The van der Waals surface area contributed by atoms with Crippen LogP contribution in [0.25, 0.3) is 0 Å². The van der Waals surface area contributed by atoms with E-state index in [-0.39, 0.29) is 18.1 Å². The fraction of sp³-hybridized carbons (Fsp3) is 0.143. The second-order valence-corrected chi connectivity index (χ2v) is 5.68. The van der Waals surface area contributed by atoms with Crippen molar-refractivity contribution in [1.29, 1.82) is 0 Å². The van der Waals surface area contributed by atoms with E-state index in [4.69, 9.17) is 27.9 Å². The fourth-order valence-corrected chi connectivity index (χ4v) is 2.56. The van der Waals surface area contributed by atoms with Crippen LogP contribution in [-0.4, -0.2) is 18.5 Å². The summed E-state index contributed by atoms with van der Waals surface area (Å²) >= 11 is 13.3. The first-order valence-electron chi connectivity index (χ1n) is 5.97. The Bertz CT molecular complexity index is 644. The molecule has 0 aliphatic rings. The summed E-state index contributed by atoms with van der Waals surface area (Å²) in [6.07, 6.45) is 0.148. The number of anilines is 1. The molecule has 0 bridgehead atoms. The molecule has 1 N–H and O–H groups in total. The highest BCUT2D eigenvalue weighted by molar-refractivity contribution is 7.08. The van der Waals surface area contributed by atoms with Crippen molar-refractivity contribution in [1.82, 2.24) is 0 Å². The molecule has 0 fully saturated rings. The molecule has 0 aliphatic heterocycles. The number of ether oxygens (including phenoxy) is 1. The van der Waals surface area contributed by atoms with Crippen LogP contribution in [-0.2, 0) is 20.7 Å². The fourth-order valence-electron chi connectivity index (χ4n) is 1.54. The lowest BCUT2D eigenvalue weighted by Gasteiger charge is -2.08. The number of carbonyl (C=O) groups is 2. The second kappa shape index (κ2) is 7.45. The van der Waals surface area contributed by atoms with Crippen molar-refractivity contribution < 1.29 is 14.3 Å². The van der Waals surface area contributed by atoms with E-state index in [0.717, 1.165) is 5.56 Å². The SMILES string of the molecule is O=C(COC(=O)Cc1ccsc1)Nc1cccc(Cl)c1Cl. The zero-order chi connectivity index (χ0) is 15.2. The molecule has 1 heterocycles. The van der Waals surface area contributed by atoms with E-state index in [1.165, 1.54) is 11.3 Å². The maximum Gasteiger partial charge on any atom is 0.310 e. The van der Waals surface area contributed by atoms with Gasteiger partial charge < -0.3 is 10.1 Å². The molecule has 0 aliphatic carbocycles. The van der Waals surface area contributed by atoms with Gasteiger partial charge in [0, 0.05) is 0 Å². The molecule has 0 spiro atoms. The largest absolute Gasteiger partial charge is 0.455 e. The summed E-state index contributed by atoms with van der Waals surface area (Å²) in [5.74, 6) is -0.932. The maximum atomic E-state index is 11.7. The van der Waals surface area contributed by atoms with Crippen molar-refractivity contribution in [3.8, 4) is 0 Å². The van der Waals surface area contributed by atoms with Gasteiger partial charge in [-0.1, -0.05) is 29.3 Å². The lowest BCUT2D eigenvalue weighted by molar-refractivity contribution is -0.146. The van der Waals surface area contributed by atoms with Crippen LogP contribution in [0.4, 0.5) is 5.69 Å². The van der Waals surface area contributed by atoms with Crippen LogP contribution in [0.1, 0.15) is 5.56 Å². The first kappa shape index (κ1) is 15.8. The molecular formula is C14H11Cl2NO3S. The molecule has 0 unspecified atom stereocenters. The Hall–Kier alpha value is -1.56. The Kier molecular flexibility index (Phi) is 5.61. The third-order valence-corrected chi connectivity index (χ3v) is 4.07. The predicted molar refractivity (Wildman–Crippen MR) is 84.1 cm³/mol. The summed E-state index contributed by atoms with van der Waals surface area (Å²) < 4.78 is 4.90. The summed E-state index contributed by atoms with van der Waals surface area (Å²) in [5.41, 5.74) is 1.24. The van der Waals surface area contributed by atoms with Crippen LogP contribution in [0, 0.1) is 0 Å². The quantitative estimate of drug-likeness (QED) is 0.840. The Balaban J connectivity index is 1.82. The van der Waals surface area contributed by atoms with Crippen molar-refractivity contribution in [3.05, 3.63) is 50.6 Å². The smallest absolute Gasteiger partial charge is 0.310 e. The van der Waals surface area contributed by atoms with Gasteiger partial charge >= 0.3 is 5.97 Å². The molecule has 7 heteroatoms. The van der Waals surface area contributed by atoms with Crippen LogP contribution in [0.5, 0.6) is 0 Å². The van der Waals surface area contributed by atoms with E-state index < -0.39 is 11.9 Å². The number of halogens is 2. The van der Waals surface area contributed by atoms with E-state index in [2.05, 4.69) is 5.32 Å². The zero-order valence-corrected chi connectivity index (χ0v) is 13.1. The summed E-state index contributed by atoms with van der Waals surface area (Å²) in [4.78, 5) is 23.2. The maximum absolute atomic E-state index is 11.7. The topological polar surface area (TPSA) is 55.4 Å². The lowest BCUT2D eigenvalue weighted by Crippen LogP contribution is -2.21. The number of thiophene rings is 1. The predicted octanol–water partition coefficient (Wildman–Crippen LogP) is 3.78. The molecule has 0 saturated carbocycles. The van der Waals surface area contributed by atoms with Crippen molar-refractivity contribution in [2.75, 3.05) is 11.9 Å². The van der Waals surface area contributed by atoms with E-state index in [1.807, 2.05) is 16.8 Å². The molecule has 4 nitrogen and oxygen atoms in total. The van der Waals surface area contributed by atoms with Gasteiger partial charge in [0.25, 0.3) is 5.91 Å². The average molecular weight is 344 g/mol. The molecule has 110 valence electrons. The number of amides is 1. The van der Waals surface area contributed by atoms with Gasteiger partial charge in [-0.15, -0.1) is 0 Å². The minimum absolute atomic E-state index is 0.148. The summed E-state index contributed by atoms with van der Waals surface area (Å²) in [6, 6.07) is 6.71. The molecule has 2 aromatic rings. The van der Waals surface area contributed by atoms with Crippen LogP contribution >= 0.6 is 34.5 Å². The van der Waals surface area contributed by atoms with Gasteiger partial charge in [0.1, 0.15) is 0 Å². The highest BCUT2D eigenvalue weighted by Crippen LogP contribution is 2.29. The average Bonchev–Trinajstić information content (AvgIpc) is 2.94. The Morgan fingerprint density at radius 1 is 1.24 bits per heavy atom. The number of hydrogen-bond acceptors (Lipinski definition) is 4. The van der Waals surface area contributed by atoms with E-state index in [1.54, 1.807) is 18.2 Å². The Labute approximate surface area is 135 Å². The number of hydrogen-bond donors (Lipinski definition) is 1. The van der Waals surface area contributed by atoms with E-state index >= 15 is 0 Å². The molecule has 0 saturated heterocycles. The van der Waals surface area contributed by atoms with Crippen molar-refractivity contribution >= 4 is 52.1 Å². The summed E-state index contributed by atoms with van der Waals surface area (Å²) in [7, 11) is 0. The van der Waals surface area contributed by atoms with Gasteiger partial charge in [-0.3, -0.25) is 9.59 Å². The van der Waals surface area contributed by atoms with Crippen LogP contribution in [0.15, 0.2) is 35.0 Å². The first-order chi connectivity index (χ1) is 10.1. The minimum Gasteiger partial charge on any atom is -0.455 e. The zero-order valence-electron chi connectivity index (χ0n) is 10.8. The summed E-state index contributed by atoms with van der Waals surface area (Å²) in [5, 5.41) is 6.84. The Morgan fingerprint density at radius 3 is 2.76 bits per heavy atom. The molecule has 2 rings (SSSR count). The van der Waals surface area contributed by atoms with Crippen molar-refractivity contribution in [2.24, 2.45) is 0 Å². The number of carbonyl (C=O) groups excluding carboxylic acids is 2. The number of rotatable bonds is 5. The molecule has 1 aromatic heterocycles. The van der Waals surface area contributed by atoms with Crippen molar-refractivity contribution in [3.63, 3.8) is 0 Å². The minimum atomic E-state index is -0.474. The molecule has 1 amide bonds. The molecule has 21 heavy (non-hydrogen) atoms. The summed E-state index contributed by atoms with van der Waals surface area (Å²) in [6.45, 7) is -0.369. The monoisotopic (exact) mass is 343 g/mol. The van der Waals surface area contributed by atoms with Gasteiger partial charge in [-0.25, -0.2) is 0 Å². The number of esters is 1. The molecule has 0 atom stereocenters. The van der Waals surface area contributed by atoms with Gasteiger partial charge in [-0.2, -0.15) is 11.3 Å². The van der Waals surface area contributed by atoms with Crippen LogP contribution in [0.2, 0.25) is 10.0 Å². The number of benzene rings is 1. The number of nitrogens with one attached hydrogen (secondary N) is 1. The third-order valence-electron chi connectivity index (χ3n) is 2.52. The van der Waals surface area contributed by atoms with E-state index in [0.29, 0.717) is 10.7 Å². The second-order valence-electron chi connectivity index (χ2n) is 4.12. The van der Waals surface area contributed by atoms with Crippen molar-refractivity contribution in [2.45, 2.75) is 6.42 Å². The van der Waals surface area contributed by atoms with Gasteiger partial charge in [0.05, 0.1) is 22.2 Å². The molecular weight excluding hydrogens is 333 g/mol. The van der Waals surface area contributed by atoms with Crippen LogP contribution < -0.4 is 5.32 Å². The van der Waals surface area contributed by atoms with Gasteiger partial charge in [-0.05, 0) is 34.5 Å². The molecule has 0 radical (unpaired) electrons. The van der Waals surface area contributed by atoms with Gasteiger partial charge in [0.15, 0.2) is 6.61 Å². The first-order valence-corrected chi connectivity index (χ1v) is 7.66. The van der Waals surface area contributed by atoms with Crippen LogP contribution in [0.3, 0.4) is 0 Å². The molecule has 1 aromatic carbocycles. The Morgan fingerprint density at radius 2 is 2.05 bits per heavy atom.